The highest BCUT2D eigenvalue weighted by molar-refractivity contribution is 5.76. The summed E-state index contributed by atoms with van der Waals surface area (Å²) in [7, 11) is 0. The van der Waals surface area contributed by atoms with E-state index in [-0.39, 0.29) is 5.52 Å². The Morgan fingerprint density at radius 1 is 1.36 bits per heavy atom. The molecule has 2 nitrogen and oxygen atoms in total. The van der Waals surface area contributed by atoms with Crippen LogP contribution in [0.2, 0.25) is 0 Å². The molecule has 1 aromatic carbocycles. The summed E-state index contributed by atoms with van der Waals surface area (Å²) in [6, 6.07) is 2.84. The van der Waals surface area contributed by atoms with Gasteiger partial charge >= 0.3 is 0 Å². The normalized spacial score (nSPS) is 11.5. The van der Waals surface area contributed by atoms with Crippen molar-refractivity contribution in [3.8, 4) is 0 Å². The molecule has 0 saturated carbocycles. The average molecular weight is 200 g/mol. The second-order valence-electron chi connectivity index (χ2n) is 3.07. The van der Waals surface area contributed by atoms with E-state index in [2.05, 4.69) is 9.97 Å². The van der Waals surface area contributed by atoms with E-state index < -0.39 is 18.1 Å². The summed E-state index contributed by atoms with van der Waals surface area (Å²) in [4.78, 5) is 5.85. The highest BCUT2D eigenvalue weighted by atomic mass is 19.3. The Bertz CT molecular complexity index is 476. The van der Waals surface area contributed by atoms with Crippen molar-refractivity contribution in [3.05, 3.63) is 29.3 Å². The van der Waals surface area contributed by atoms with Gasteiger partial charge in [-0.2, -0.15) is 0 Å². The molecule has 2 aromatic rings. The molecule has 1 aromatic heterocycles. The lowest BCUT2D eigenvalue weighted by molar-refractivity contribution is 0.142. The Labute approximate surface area is 77.8 Å². The molecule has 5 heteroatoms. The van der Waals surface area contributed by atoms with Gasteiger partial charge in [0.25, 0.3) is 6.43 Å². The van der Waals surface area contributed by atoms with Crippen LogP contribution in [0, 0.1) is 12.7 Å². The summed E-state index contributed by atoms with van der Waals surface area (Å²) >= 11 is 0. The number of fused-ring (bicyclic) bond motifs is 1. The molecule has 0 aliphatic rings. The van der Waals surface area contributed by atoms with Crippen molar-refractivity contribution in [1.29, 1.82) is 0 Å². The van der Waals surface area contributed by atoms with Crippen LogP contribution >= 0.6 is 0 Å². The molecule has 0 amide bonds. The number of aromatic amines is 1. The second kappa shape index (κ2) is 3.01. The van der Waals surface area contributed by atoms with E-state index in [0.717, 1.165) is 0 Å². The number of aryl methyl sites for hydroxylation is 1. The van der Waals surface area contributed by atoms with E-state index >= 15 is 0 Å². The summed E-state index contributed by atoms with van der Waals surface area (Å²) in [5.41, 5.74) is 0.933. The minimum absolute atomic E-state index is 0.0362. The monoisotopic (exact) mass is 200 g/mol. The number of alkyl halides is 2. The van der Waals surface area contributed by atoms with E-state index in [0.29, 0.717) is 11.1 Å². The van der Waals surface area contributed by atoms with Crippen LogP contribution in [0.15, 0.2) is 12.1 Å². The lowest BCUT2D eigenvalue weighted by Crippen LogP contribution is -1.85. The molecule has 0 radical (unpaired) electrons. The molecule has 2 rings (SSSR count). The van der Waals surface area contributed by atoms with E-state index in [1.165, 1.54) is 6.07 Å². The summed E-state index contributed by atoms with van der Waals surface area (Å²) in [5, 5.41) is 0. The maximum Gasteiger partial charge on any atom is 0.295 e. The van der Waals surface area contributed by atoms with Gasteiger partial charge in [0.2, 0.25) is 0 Å². The number of hydrogen-bond donors (Lipinski definition) is 1. The molecule has 0 aliphatic carbocycles. The maximum absolute atomic E-state index is 13.2. The van der Waals surface area contributed by atoms with Crippen molar-refractivity contribution < 1.29 is 13.2 Å². The van der Waals surface area contributed by atoms with Gasteiger partial charge in [0.1, 0.15) is 5.52 Å². The third-order valence-electron chi connectivity index (χ3n) is 1.91. The van der Waals surface area contributed by atoms with Crippen molar-refractivity contribution in [2.45, 2.75) is 13.3 Å². The zero-order valence-electron chi connectivity index (χ0n) is 7.31. The fourth-order valence-corrected chi connectivity index (χ4v) is 1.33. The third kappa shape index (κ3) is 1.34. The van der Waals surface area contributed by atoms with Gasteiger partial charge in [-0.05, 0) is 24.6 Å². The predicted molar refractivity (Wildman–Crippen MR) is 45.7 cm³/mol. The van der Waals surface area contributed by atoms with Crippen LogP contribution in [-0.4, -0.2) is 9.97 Å². The summed E-state index contributed by atoms with van der Waals surface area (Å²) in [5.74, 6) is -1.08. The van der Waals surface area contributed by atoms with Gasteiger partial charge in [-0.15, -0.1) is 0 Å². The summed E-state index contributed by atoms with van der Waals surface area (Å²) in [6.07, 6.45) is -2.71. The lowest BCUT2D eigenvalue weighted by atomic mass is 10.2. The van der Waals surface area contributed by atoms with Gasteiger partial charge in [0, 0.05) is 0 Å². The van der Waals surface area contributed by atoms with Gasteiger partial charge in [0.05, 0.1) is 5.52 Å². The van der Waals surface area contributed by atoms with Crippen molar-refractivity contribution in [3.63, 3.8) is 0 Å². The average Bonchev–Trinajstić information content (AvgIpc) is 2.47. The first-order valence-electron chi connectivity index (χ1n) is 4.02. The molecule has 0 atom stereocenters. The van der Waals surface area contributed by atoms with Crippen molar-refractivity contribution in [2.75, 3.05) is 0 Å². The third-order valence-corrected chi connectivity index (χ3v) is 1.91. The Balaban J connectivity index is 2.70. The quantitative estimate of drug-likeness (QED) is 0.753. The molecule has 1 heterocycles. The first-order valence-corrected chi connectivity index (χ1v) is 4.02. The molecule has 0 fully saturated rings. The molecule has 0 aliphatic heterocycles. The molecule has 0 bridgehead atoms. The van der Waals surface area contributed by atoms with Crippen LogP contribution in [0.3, 0.4) is 0 Å². The Kier molecular flexibility index (Phi) is 1.94. The Hall–Kier alpha value is -1.52. The topological polar surface area (TPSA) is 28.7 Å². The van der Waals surface area contributed by atoms with Crippen LogP contribution in [0.4, 0.5) is 13.2 Å². The van der Waals surface area contributed by atoms with E-state index in [4.69, 9.17) is 0 Å². The van der Waals surface area contributed by atoms with Crippen molar-refractivity contribution in [1.82, 2.24) is 9.97 Å². The molecular formula is C9H7F3N2. The van der Waals surface area contributed by atoms with Crippen LogP contribution in [-0.2, 0) is 0 Å². The van der Waals surface area contributed by atoms with Crippen LogP contribution < -0.4 is 0 Å². The maximum atomic E-state index is 13.2. The zero-order valence-corrected chi connectivity index (χ0v) is 7.31. The standard InChI is InChI=1S/C9H7F3N2/c1-4-2-5(10)7-6(3-4)13-9(14-7)8(11)12/h2-3,8H,1H3,(H,13,14). The number of H-pyrrole nitrogens is 1. The van der Waals surface area contributed by atoms with Crippen LogP contribution in [0.1, 0.15) is 17.8 Å². The molecule has 0 unspecified atom stereocenters. The SMILES string of the molecule is Cc1cc(F)c2nc(C(F)F)[nH]c2c1. The number of imidazole rings is 1. The van der Waals surface area contributed by atoms with Crippen molar-refractivity contribution >= 4 is 11.0 Å². The molecular weight excluding hydrogens is 193 g/mol. The zero-order chi connectivity index (χ0) is 10.3. The first kappa shape index (κ1) is 9.05. The fraction of sp³-hybridized carbons (Fsp3) is 0.222. The fourth-order valence-electron chi connectivity index (χ4n) is 1.33. The molecule has 14 heavy (non-hydrogen) atoms. The first-order chi connectivity index (χ1) is 6.58. The van der Waals surface area contributed by atoms with Gasteiger partial charge in [0.15, 0.2) is 11.6 Å². The number of nitrogens with zero attached hydrogens (tertiary/aromatic N) is 1. The highest BCUT2D eigenvalue weighted by Gasteiger charge is 2.14. The Morgan fingerprint density at radius 2 is 2.07 bits per heavy atom. The minimum Gasteiger partial charge on any atom is -0.337 e. The Morgan fingerprint density at radius 3 is 2.71 bits per heavy atom. The van der Waals surface area contributed by atoms with Crippen LogP contribution in [0.5, 0.6) is 0 Å². The number of nitrogens with one attached hydrogen (secondary N) is 1. The number of hydrogen-bond acceptors (Lipinski definition) is 1. The van der Waals surface area contributed by atoms with E-state index in [1.54, 1.807) is 13.0 Å². The molecule has 0 saturated heterocycles. The number of halogens is 3. The predicted octanol–water partition coefficient (Wildman–Crippen LogP) is 2.95. The van der Waals surface area contributed by atoms with E-state index in [1.807, 2.05) is 0 Å². The van der Waals surface area contributed by atoms with Gasteiger partial charge in [-0.1, -0.05) is 0 Å². The largest absolute Gasteiger partial charge is 0.337 e. The number of aromatic nitrogens is 2. The van der Waals surface area contributed by atoms with Gasteiger partial charge in [-0.25, -0.2) is 18.2 Å². The minimum atomic E-state index is -2.71. The van der Waals surface area contributed by atoms with Gasteiger partial charge in [-0.3, -0.25) is 0 Å². The lowest BCUT2D eigenvalue weighted by Gasteiger charge is -1.93. The van der Waals surface area contributed by atoms with Crippen LogP contribution in [0.25, 0.3) is 11.0 Å². The van der Waals surface area contributed by atoms with E-state index in [9.17, 15) is 13.2 Å². The molecule has 1 N–H and O–H groups in total. The second-order valence-corrected chi connectivity index (χ2v) is 3.07. The molecule has 74 valence electrons. The summed E-state index contributed by atoms with van der Waals surface area (Å²) in [6.45, 7) is 1.69. The highest BCUT2D eigenvalue weighted by Crippen LogP contribution is 2.22. The molecule has 0 spiro atoms. The van der Waals surface area contributed by atoms with Crippen molar-refractivity contribution in [2.24, 2.45) is 0 Å². The smallest absolute Gasteiger partial charge is 0.295 e. The summed E-state index contributed by atoms with van der Waals surface area (Å²) < 4.78 is 37.6. The van der Waals surface area contributed by atoms with Gasteiger partial charge < -0.3 is 4.98 Å². The number of benzene rings is 1. The number of rotatable bonds is 1.